The first-order valence-electron chi connectivity index (χ1n) is 9.50. The Morgan fingerprint density at radius 1 is 1.00 bits per heavy atom. The first-order chi connectivity index (χ1) is 15.3. The normalized spacial score (nSPS) is 12.0. The van der Waals surface area contributed by atoms with Crippen LogP contribution in [0.2, 0.25) is 0 Å². The third-order valence-electron chi connectivity index (χ3n) is 4.51. The quantitative estimate of drug-likeness (QED) is 0.523. The molecule has 0 aliphatic heterocycles. The Balaban J connectivity index is 1.67. The fraction of sp³-hybridized carbons (Fsp3) is 0.174. The molecule has 3 aromatic rings. The number of methoxy groups -OCH3 is 1. The highest BCUT2D eigenvalue weighted by Crippen LogP contribution is 2.30. The van der Waals surface area contributed by atoms with E-state index < -0.39 is 29.7 Å². The summed E-state index contributed by atoms with van der Waals surface area (Å²) in [6.45, 7) is 0. The van der Waals surface area contributed by atoms with Gasteiger partial charge in [0.15, 0.2) is 0 Å². The smallest absolute Gasteiger partial charge is 0.417 e. The molecule has 166 valence electrons. The molecule has 1 aromatic heterocycles. The Morgan fingerprint density at radius 2 is 1.69 bits per heavy atom. The van der Waals surface area contributed by atoms with Crippen LogP contribution in [0.4, 0.5) is 13.2 Å². The van der Waals surface area contributed by atoms with E-state index in [0.717, 1.165) is 17.7 Å². The molecule has 3 rings (SSSR count). The average Bonchev–Trinajstić information content (AvgIpc) is 2.79. The maximum absolute atomic E-state index is 12.7. The maximum Gasteiger partial charge on any atom is 0.417 e. The molecular weight excluding hydrogens is 425 g/mol. The lowest BCUT2D eigenvalue weighted by atomic mass is 10.0. The van der Waals surface area contributed by atoms with Crippen LogP contribution in [-0.4, -0.2) is 24.0 Å². The minimum absolute atomic E-state index is 0.0163. The summed E-state index contributed by atoms with van der Waals surface area (Å²) >= 11 is 0. The predicted octanol–water partition coefficient (Wildman–Crippen LogP) is 4.93. The standard InChI is InChI=1S/C23H19F3N2O4/c1-31-21(29)13-19(15-5-3-2-4-6-15)28-22(30)16-7-10-18(11-8-16)32-20-12-9-17(14-27-20)23(24,25)26/h2-12,14,19H,13H2,1H3,(H,28,30). The van der Waals surface area contributed by atoms with Gasteiger partial charge in [-0.3, -0.25) is 9.59 Å². The first kappa shape index (κ1) is 22.8. The van der Waals surface area contributed by atoms with Crippen molar-refractivity contribution in [1.29, 1.82) is 0 Å². The molecule has 0 saturated heterocycles. The van der Waals surface area contributed by atoms with E-state index in [1.54, 1.807) is 24.3 Å². The SMILES string of the molecule is COC(=O)CC(NC(=O)c1ccc(Oc2ccc(C(F)(F)F)cn2)cc1)c1ccccc1. The number of halogens is 3. The second-order valence-corrected chi connectivity index (χ2v) is 6.73. The second-order valence-electron chi connectivity index (χ2n) is 6.73. The number of hydrogen-bond donors (Lipinski definition) is 1. The van der Waals surface area contributed by atoms with Crippen LogP contribution in [0.5, 0.6) is 11.6 Å². The van der Waals surface area contributed by atoms with Gasteiger partial charge in [-0.2, -0.15) is 13.2 Å². The number of hydrogen-bond acceptors (Lipinski definition) is 5. The highest BCUT2D eigenvalue weighted by molar-refractivity contribution is 5.94. The summed E-state index contributed by atoms with van der Waals surface area (Å²) in [5.74, 6) is -0.602. The Labute approximate surface area is 182 Å². The number of esters is 1. The molecule has 0 aliphatic carbocycles. The Hall–Kier alpha value is -3.88. The number of rotatable bonds is 7. The molecule has 0 fully saturated rings. The fourth-order valence-electron chi connectivity index (χ4n) is 2.83. The first-order valence-corrected chi connectivity index (χ1v) is 9.50. The van der Waals surface area contributed by atoms with Gasteiger partial charge in [-0.15, -0.1) is 0 Å². The fourth-order valence-corrected chi connectivity index (χ4v) is 2.83. The molecule has 9 heteroatoms. The van der Waals surface area contributed by atoms with Crippen molar-refractivity contribution < 1.29 is 32.2 Å². The highest BCUT2D eigenvalue weighted by Gasteiger charge is 2.30. The molecule has 6 nitrogen and oxygen atoms in total. The van der Waals surface area contributed by atoms with E-state index in [-0.39, 0.29) is 12.3 Å². The zero-order valence-corrected chi connectivity index (χ0v) is 16.9. The number of pyridine rings is 1. The highest BCUT2D eigenvalue weighted by atomic mass is 19.4. The molecule has 1 unspecified atom stereocenters. The topological polar surface area (TPSA) is 77.5 Å². The largest absolute Gasteiger partial charge is 0.469 e. The lowest BCUT2D eigenvalue weighted by Crippen LogP contribution is -2.30. The van der Waals surface area contributed by atoms with E-state index in [1.165, 1.54) is 31.4 Å². The van der Waals surface area contributed by atoms with Gasteiger partial charge in [-0.05, 0) is 35.9 Å². The van der Waals surface area contributed by atoms with Gasteiger partial charge in [0, 0.05) is 17.8 Å². The van der Waals surface area contributed by atoms with Crippen LogP contribution in [0.15, 0.2) is 72.9 Å². The lowest BCUT2D eigenvalue weighted by molar-refractivity contribution is -0.141. The Kier molecular flexibility index (Phi) is 7.09. The van der Waals surface area contributed by atoms with E-state index in [4.69, 9.17) is 9.47 Å². The van der Waals surface area contributed by atoms with E-state index in [0.29, 0.717) is 17.5 Å². The summed E-state index contributed by atoms with van der Waals surface area (Å²) in [6.07, 6.45) is -3.83. The summed E-state index contributed by atoms with van der Waals surface area (Å²) < 4.78 is 48.0. The lowest BCUT2D eigenvalue weighted by Gasteiger charge is -2.18. The molecule has 0 aliphatic rings. The number of carbonyl (C=O) groups excluding carboxylic acids is 2. The van der Waals surface area contributed by atoms with Crippen LogP contribution in [0.25, 0.3) is 0 Å². The molecule has 0 bridgehead atoms. The number of alkyl halides is 3. The Morgan fingerprint density at radius 3 is 2.25 bits per heavy atom. The number of amides is 1. The summed E-state index contributed by atoms with van der Waals surface area (Å²) in [4.78, 5) is 28.1. The van der Waals surface area contributed by atoms with Crippen LogP contribution in [-0.2, 0) is 15.7 Å². The summed E-state index contributed by atoms with van der Waals surface area (Å²) in [6, 6.07) is 16.4. The maximum atomic E-state index is 12.7. The third kappa shape index (κ3) is 6.07. The zero-order valence-electron chi connectivity index (χ0n) is 16.9. The van der Waals surface area contributed by atoms with Crippen molar-refractivity contribution in [3.63, 3.8) is 0 Å². The molecule has 1 N–H and O–H groups in total. The van der Waals surface area contributed by atoms with Crippen LogP contribution in [0.3, 0.4) is 0 Å². The van der Waals surface area contributed by atoms with Gasteiger partial charge in [0.1, 0.15) is 5.75 Å². The molecular formula is C23H19F3N2O4. The van der Waals surface area contributed by atoms with E-state index in [2.05, 4.69) is 10.3 Å². The number of nitrogens with zero attached hydrogens (tertiary/aromatic N) is 1. The minimum atomic E-state index is -4.48. The number of benzene rings is 2. The minimum Gasteiger partial charge on any atom is -0.469 e. The molecule has 1 atom stereocenters. The summed E-state index contributed by atoms with van der Waals surface area (Å²) in [5.41, 5.74) is 0.180. The van der Waals surface area contributed by atoms with Crippen molar-refractivity contribution in [1.82, 2.24) is 10.3 Å². The number of nitrogens with one attached hydrogen (secondary N) is 1. The molecule has 32 heavy (non-hydrogen) atoms. The van der Waals surface area contributed by atoms with Crippen LogP contribution in [0.1, 0.15) is 33.9 Å². The third-order valence-corrected chi connectivity index (χ3v) is 4.51. The van der Waals surface area contributed by atoms with Crippen LogP contribution in [0, 0.1) is 0 Å². The summed E-state index contributed by atoms with van der Waals surface area (Å²) in [7, 11) is 1.27. The van der Waals surface area contributed by atoms with Crippen molar-refractivity contribution in [2.45, 2.75) is 18.6 Å². The molecule has 1 heterocycles. The van der Waals surface area contributed by atoms with Crippen LogP contribution < -0.4 is 10.1 Å². The number of ether oxygens (including phenoxy) is 2. The summed E-state index contributed by atoms with van der Waals surface area (Å²) in [5, 5.41) is 2.80. The van der Waals surface area contributed by atoms with Gasteiger partial charge >= 0.3 is 12.1 Å². The number of carbonyl (C=O) groups is 2. The van der Waals surface area contributed by atoms with E-state index in [1.807, 2.05) is 6.07 Å². The average molecular weight is 444 g/mol. The number of aromatic nitrogens is 1. The second kappa shape index (κ2) is 9.95. The molecule has 0 radical (unpaired) electrons. The zero-order chi connectivity index (χ0) is 23.1. The molecule has 0 saturated carbocycles. The van der Waals surface area contributed by atoms with Crippen molar-refractivity contribution in [2.24, 2.45) is 0 Å². The van der Waals surface area contributed by atoms with Crippen molar-refractivity contribution in [3.8, 4) is 11.6 Å². The molecule has 1 amide bonds. The van der Waals surface area contributed by atoms with E-state index >= 15 is 0 Å². The van der Waals surface area contributed by atoms with Gasteiger partial charge in [0.05, 0.1) is 25.1 Å². The van der Waals surface area contributed by atoms with Gasteiger partial charge in [-0.25, -0.2) is 4.98 Å². The van der Waals surface area contributed by atoms with Crippen molar-refractivity contribution in [3.05, 3.63) is 89.6 Å². The van der Waals surface area contributed by atoms with Gasteiger partial charge < -0.3 is 14.8 Å². The molecule has 0 spiro atoms. The monoisotopic (exact) mass is 444 g/mol. The van der Waals surface area contributed by atoms with Gasteiger partial charge in [0.25, 0.3) is 5.91 Å². The molecule has 2 aromatic carbocycles. The predicted molar refractivity (Wildman–Crippen MR) is 109 cm³/mol. The van der Waals surface area contributed by atoms with Gasteiger partial charge in [0.2, 0.25) is 5.88 Å². The van der Waals surface area contributed by atoms with Crippen molar-refractivity contribution in [2.75, 3.05) is 7.11 Å². The van der Waals surface area contributed by atoms with Crippen LogP contribution >= 0.6 is 0 Å². The Bertz CT molecular complexity index is 1050. The van der Waals surface area contributed by atoms with E-state index in [9.17, 15) is 22.8 Å². The van der Waals surface area contributed by atoms with Crippen molar-refractivity contribution >= 4 is 11.9 Å². The van der Waals surface area contributed by atoms with Gasteiger partial charge in [-0.1, -0.05) is 30.3 Å².